The molecule has 0 N–H and O–H groups in total. The van der Waals surface area contributed by atoms with Crippen molar-refractivity contribution in [2.45, 2.75) is 41.0 Å². The van der Waals surface area contributed by atoms with E-state index in [9.17, 15) is 0 Å². The summed E-state index contributed by atoms with van der Waals surface area (Å²) < 4.78 is 16.3. The van der Waals surface area contributed by atoms with Crippen molar-refractivity contribution in [2.75, 3.05) is 52.0 Å². The van der Waals surface area contributed by atoms with E-state index in [1.165, 1.54) is 11.3 Å². The number of rotatable bonds is 12. The molecule has 0 fully saturated rings. The first-order chi connectivity index (χ1) is 16.0. The van der Waals surface area contributed by atoms with E-state index in [1.54, 1.807) is 6.08 Å². The predicted octanol–water partition coefficient (Wildman–Crippen LogP) is 6.67. The minimum absolute atomic E-state index is 0.476. The van der Waals surface area contributed by atoms with Crippen LogP contribution in [-0.2, 0) is 9.47 Å². The Morgan fingerprint density at radius 3 is 2.06 bits per heavy atom. The molecule has 0 spiro atoms. The van der Waals surface area contributed by atoms with Crippen LogP contribution in [0.1, 0.15) is 50.9 Å². The fraction of sp³-hybridized carbons (Fsp3) is 0.464. The Hall–Kier alpha value is -2.63. The standard InChI is InChI=1S/C17H25NO3.C9H13N.C2H6/c1-4-7-16-15(6-3)8-9-17(18-16)21-14-13-20-12-11-19-10-5-2;1-8-4-6-9(7-5-8)10(2)3;1-2/h4,6-9H,3,5,10-14H2,1-2H3;4-7H,1-3H3;1-2H3/b7-4-;;. The highest BCUT2D eigenvalue weighted by Gasteiger charge is 2.01. The zero-order valence-electron chi connectivity index (χ0n) is 21.8. The normalized spacial score (nSPS) is 10.0. The van der Waals surface area contributed by atoms with Gasteiger partial charge in [-0.25, -0.2) is 4.98 Å². The molecule has 0 bridgehead atoms. The van der Waals surface area contributed by atoms with Gasteiger partial charge in [-0.2, -0.15) is 0 Å². The van der Waals surface area contributed by atoms with Crippen LogP contribution < -0.4 is 9.64 Å². The first kappa shape index (κ1) is 30.4. The summed E-state index contributed by atoms with van der Waals surface area (Å²) in [7, 11) is 4.09. The molecule has 5 heteroatoms. The molecular formula is C28H44N2O3. The van der Waals surface area contributed by atoms with Crippen LogP contribution in [0.2, 0.25) is 0 Å². The summed E-state index contributed by atoms with van der Waals surface area (Å²) in [5.74, 6) is 0.597. The monoisotopic (exact) mass is 456 g/mol. The molecule has 0 aliphatic heterocycles. The van der Waals surface area contributed by atoms with Crippen LogP contribution in [0.25, 0.3) is 12.2 Å². The number of nitrogens with zero attached hydrogens (tertiary/aromatic N) is 2. The van der Waals surface area contributed by atoms with Gasteiger partial charge in [0, 0.05) is 32.5 Å². The fourth-order valence-electron chi connectivity index (χ4n) is 2.53. The van der Waals surface area contributed by atoms with Gasteiger partial charge in [0.2, 0.25) is 5.88 Å². The second-order valence-electron chi connectivity index (χ2n) is 7.13. The third-order valence-corrected chi connectivity index (χ3v) is 4.22. The zero-order valence-corrected chi connectivity index (χ0v) is 21.8. The maximum absolute atomic E-state index is 5.58. The Morgan fingerprint density at radius 2 is 1.52 bits per heavy atom. The lowest BCUT2D eigenvalue weighted by Gasteiger charge is -2.11. The van der Waals surface area contributed by atoms with E-state index in [2.05, 4.69) is 54.6 Å². The van der Waals surface area contributed by atoms with Crippen LogP contribution in [0.15, 0.2) is 49.1 Å². The highest BCUT2D eigenvalue weighted by Crippen LogP contribution is 2.15. The van der Waals surface area contributed by atoms with Gasteiger partial charge < -0.3 is 19.1 Å². The zero-order chi connectivity index (χ0) is 24.9. The summed E-state index contributed by atoms with van der Waals surface area (Å²) in [6.45, 7) is 16.9. The van der Waals surface area contributed by atoms with Crippen LogP contribution in [0.5, 0.6) is 5.88 Å². The van der Waals surface area contributed by atoms with E-state index >= 15 is 0 Å². The van der Waals surface area contributed by atoms with Crippen LogP contribution >= 0.6 is 0 Å². The number of anilines is 1. The van der Waals surface area contributed by atoms with Gasteiger partial charge in [0.05, 0.1) is 25.5 Å². The topological polar surface area (TPSA) is 43.8 Å². The maximum Gasteiger partial charge on any atom is 0.213 e. The number of pyridine rings is 1. The Bertz CT molecular complexity index is 771. The fourth-order valence-corrected chi connectivity index (χ4v) is 2.53. The lowest BCUT2D eigenvalue weighted by molar-refractivity contribution is 0.0361. The highest BCUT2D eigenvalue weighted by molar-refractivity contribution is 5.61. The van der Waals surface area contributed by atoms with Gasteiger partial charge in [0.15, 0.2) is 0 Å². The van der Waals surface area contributed by atoms with Crippen molar-refractivity contribution in [2.24, 2.45) is 0 Å². The van der Waals surface area contributed by atoms with Crippen molar-refractivity contribution in [1.29, 1.82) is 0 Å². The largest absolute Gasteiger partial charge is 0.475 e. The summed E-state index contributed by atoms with van der Waals surface area (Å²) >= 11 is 0. The molecule has 0 amide bonds. The molecule has 184 valence electrons. The van der Waals surface area contributed by atoms with Gasteiger partial charge in [-0.1, -0.05) is 57.2 Å². The molecule has 0 aliphatic rings. The van der Waals surface area contributed by atoms with E-state index in [0.29, 0.717) is 32.3 Å². The number of hydrogen-bond donors (Lipinski definition) is 0. The lowest BCUT2D eigenvalue weighted by atomic mass is 10.2. The second-order valence-corrected chi connectivity index (χ2v) is 7.13. The van der Waals surface area contributed by atoms with E-state index < -0.39 is 0 Å². The predicted molar refractivity (Wildman–Crippen MR) is 143 cm³/mol. The Labute approximate surface area is 202 Å². The Kier molecular flexibility index (Phi) is 18.4. The highest BCUT2D eigenvalue weighted by atomic mass is 16.5. The summed E-state index contributed by atoms with van der Waals surface area (Å²) in [4.78, 5) is 6.53. The van der Waals surface area contributed by atoms with Gasteiger partial charge in [0.25, 0.3) is 0 Å². The van der Waals surface area contributed by atoms with Gasteiger partial charge in [0.1, 0.15) is 6.61 Å². The van der Waals surface area contributed by atoms with E-state index in [1.807, 2.05) is 59.2 Å². The van der Waals surface area contributed by atoms with Gasteiger partial charge >= 0.3 is 0 Å². The van der Waals surface area contributed by atoms with E-state index in [4.69, 9.17) is 14.2 Å². The number of ether oxygens (including phenoxy) is 3. The average molecular weight is 457 g/mol. The van der Waals surface area contributed by atoms with Crippen molar-refractivity contribution in [1.82, 2.24) is 4.98 Å². The number of aromatic nitrogens is 1. The first-order valence-corrected chi connectivity index (χ1v) is 11.8. The molecular weight excluding hydrogens is 412 g/mol. The summed E-state index contributed by atoms with van der Waals surface area (Å²) in [6.07, 6.45) is 6.69. The molecule has 0 unspecified atom stereocenters. The van der Waals surface area contributed by atoms with E-state index in [-0.39, 0.29) is 0 Å². The SMILES string of the molecule is C=Cc1ccc(OCCOCCOCCC)nc1/C=C\C.CC.Cc1ccc(N(C)C)cc1. The van der Waals surface area contributed by atoms with Crippen molar-refractivity contribution < 1.29 is 14.2 Å². The van der Waals surface area contributed by atoms with Crippen LogP contribution in [0, 0.1) is 6.92 Å². The summed E-state index contributed by atoms with van der Waals surface area (Å²) in [6, 6.07) is 12.3. The second kappa shape index (κ2) is 20.0. The maximum atomic E-state index is 5.58. The first-order valence-electron chi connectivity index (χ1n) is 11.8. The minimum atomic E-state index is 0.476. The molecule has 1 aromatic carbocycles. The summed E-state index contributed by atoms with van der Waals surface area (Å²) in [5, 5.41) is 0. The Morgan fingerprint density at radius 1 is 0.909 bits per heavy atom. The summed E-state index contributed by atoms with van der Waals surface area (Å²) in [5.41, 5.74) is 4.42. The number of benzene rings is 1. The van der Waals surface area contributed by atoms with Crippen LogP contribution in [0.4, 0.5) is 5.69 Å². The Balaban J connectivity index is 0.000000709. The van der Waals surface area contributed by atoms with Crippen molar-refractivity contribution in [3.8, 4) is 5.88 Å². The van der Waals surface area contributed by atoms with E-state index in [0.717, 1.165) is 24.3 Å². The molecule has 2 rings (SSSR count). The molecule has 0 radical (unpaired) electrons. The van der Waals surface area contributed by atoms with Gasteiger partial charge in [-0.3, -0.25) is 0 Å². The van der Waals surface area contributed by atoms with Gasteiger partial charge in [-0.15, -0.1) is 0 Å². The molecule has 0 saturated heterocycles. The molecule has 2 aromatic rings. The molecule has 0 aliphatic carbocycles. The third kappa shape index (κ3) is 14.2. The number of aryl methyl sites for hydroxylation is 1. The minimum Gasteiger partial charge on any atom is -0.475 e. The quantitative estimate of drug-likeness (QED) is 0.334. The molecule has 33 heavy (non-hydrogen) atoms. The molecule has 0 saturated carbocycles. The molecule has 1 heterocycles. The van der Waals surface area contributed by atoms with Crippen molar-refractivity contribution >= 4 is 17.8 Å². The van der Waals surface area contributed by atoms with Crippen LogP contribution in [0.3, 0.4) is 0 Å². The van der Waals surface area contributed by atoms with Crippen molar-refractivity contribution in [3.63, 3.8) is 0 Å². The molecule has 0 atom stereocenters. The van der Waals surface area contributed by atoms with Crippen LogP contribution in [-0.4, -0.2) is 52.1 Å². The van der Waals surface area contributed by atoms with Crippen molar-refractivity contribution in [3.05, 3.63) is 65.9 Å². The number of hydrogen-bond acceptors (Lipinski definition) is 5. The average Bonchev–Trinajstić information content (AvgIpc) is 2.83. The smallest absolute Gasteiger partial charge is 0.213 e. The number of allylic oxidation sites excluding steroid dienone is 1. The molecule has 1 aromatic heterocycles. The molecule has 5 nitrogen and oxygen atoms in total. The lowest BCUT2D eigenvalue weighted by Crippen LogP contribution is -2.11. The van der Waals surface area contributed by atoms with Gasteiger partial charge in [-0.05, 0) is 50.1 Å². The third-order valence-electron chi connectivity index (χ3n) is 4.22.